The molecule has 2 aliphatic carbocycles. The first kappa shape index (κ1) is 19.9. The van der Waals surface area contributed by atoms with E-state index in [4.69, 9.17) is 0 Å². The summed E-state index contributed by atoms with van der Waals surface area (Å²) in [5, 5.41) is 1.48. The largest absolute Gasteiger partial charge is 2.00 e. The molecule has 1 nitrogen and oxygen atoms in total. The molecule has 0 unspecified atom stereocenters. The SMILES string of the molecule is CN1C[C]2[CH][CH][CH][C]2SC[C@@H]1C(C)(C)C.[CH]1[CH][CH][CH][CH]1.[Fe+2]. The van der Waals surface area contributed by atoms with Crippen molar-refractivity contribution in [3.05, 3.63) is 62.5 Å². The van der Waals surface area contributed by atoms with Crippen LogP contribution in [-0.4, -0.2) is 30.3 Å². The molecule has 0 aromatic carbocycles. The number of hydrogen-bond acceptors (Lipinski definition) is 2. The summed E-state index contributed by atoms with van der Waals surface area (Å²) in [5.41, 5.74) is 0.366. The Balaban J connectivity index is 0.000000313. The minimum absolute atomic E-state index is 0. The van der Waals surface area contributed by atoms with Gasteiger partial charge < -0.3 is 4.90 Å². The molecule has 3 aliphatic rings. The van der Waals surface area contributed by atoms with Crippen LogP contribution < -0.4 is 0 Å². The Morgan fingerprint density at radius 2 is 1.57 bits per heavy atom. The molecule has 3 rings (SSSR count). The van der Waals surface area contributed by atoms with E-state index in [9.17, 15) is 0 Å². The molecule has 0 N–H and O–H groups in total. The Morgan fingerprint density at radius 3 is 2.10 bits per heavy atom. The van der Waals surface area contributed by atoms with Gasteiger partial charge in [-0.05, 0) is 63.8 Å². The third-order valence-electron chi connectivity index (χ3n) is 3.77. The second-order valence-electron chi connectivity index (χ2n) is 6.49. The first-order chi connectivity index (χ1) is 9.48. The summed E-state index contributed by atoms with van der Waals surface area (Å²) in [6, 6.07) is 0.662. The van der Waals surface area contributed by atoms with Crippen molar-refractivity contribution in [2.75, 3.05) is 19.3 Å². The fourth-order valence-corrected chi connectivity index (χ4v) is 4.20. The number of fused-ring (bicyclic) bond motifs is 1. The van der Waals surface area contributed by atoms with Crippen LogP contribution in [0.2, 0.25) is 0 Å². The van der Waals surface area contributed by atoms with Crippen molar-refractivity contribution < 1.29 is 17.1 Å². The number of rotatable bonds is 0. The van der Waals surface area contributed by atoms with Gasteiger partial charge in [0, 0.05) is 29.5 Å². The topological polar surface area (TPSA) is 3.24 Å². The smallest absolute Gasteiger partial charge is 0.301 e. The summed E-state index contributed by atoms with van der Waals surface area (Å²) in [6.45, 7) is 8.11. The molecule has 1 atom stereocenters. The molecule has 1 aliphatic heterocycles. The van der Waals surface area contributed by atoms with Crippen LogP contribution in [0.25, 0.3) is 0 Å². The second-order valence-corrected chi connectivity index (χ2v) is 7.55. The molecule has 10 radical (unpaired) electrons. The van der Waals surface area contributed by atoms with Gasteiger partial charge in [-0.25, -0.2) is 0 Å². The van der Waals surface area contributed by atoms with Crippen LogP contribution in [0, 0.1) is 67.9 Å². The summed E-state index contributed by atoms with van der Waals surface area (Å²) >= 11 is 2.01. The third-order valence-corrected chi connectivity index (χ3v) is 4.96. The van der Waals surface area contributed by atoms with Gasteiger partial charge in [-0.1, -0.05) is 20.8 Å². The van der Waals surface area contributed by atoms with E-state index in [0.29, 0.717) is 11.5 Å². The van der Waals surface area contributed by atoms with Gasteiger partial charge >= 0.3 is 17.1 Å². The van der Waals surface area contributed by atoms with E-state index in [-0.39, 0.29) is 17.1 Å². The Labute approximate surface area is 147 Å². The quantitative estimate of drug-likeness (QED) is 0.615. The van der Waals surface area contributed by atoms with Crippen LogP contribution in [0.5, 0.6) is 0 Å². The average Bonchev–Trinajstić information content (AvgIpc) is 3.01. The normalized spacial score (nSPS) is 28.3. The molecular formula is C18H25FeNS+2. The Kier molecular flexibility index (Phi) is 8.71. The maximum absolute atomic E-state index is 2.50. The molecule has 3 heteroatoms. The first-order valence-electron chi connectivity index (χ1n) is 7.23. The molecule has 0 bridgehead atoms. The summed E-state index contributed by atoms with van der Waals surface area (Å²) in [6.07, 6.45) is 16.7. The van der Waals surface area contributed by atoms with E-state index in [0.717, 1.165) is 6.54 Å². The number of nitrogens with zero attached hydrogens (tertiary/aromatic N) is 1. The van der Waals surface area contributed by atoms with Gasteiger partial charge in [0.15, 0.2) is 0 Å². The van der Waals surface area contributed by atoms with E-state index in [1.54, 1.807) is 0 Å². The van der Waals surface area contributed by atoms with Crippen molar-refractivity contribution in [2.45, 2.75) is 26.8 Å². The molecule has 0 aromatic heterocycles. The summed E-state index contributed by atoms with van der Waals surface area (Å²) < 4.78 is 0. The molecule has 1 heterocycles. The van der Waals surface area contributed by atoms with Gasteiger partial charge in [-0.2, -0.15) is 11.8 Å². The van der Waals surface area contributed by atoms with E-state index >= 15 is 0 Å². The predicted molar refractivity (Wildman–Crippen MR) is 89.2 cm³/mol. The summed E-state index contributed by atoms with van der Waals surface area (Å²) in [5.74, 6) is 2.70. The van der Waals surface area contributed by atoms with Gasteiger partial charge in [0.05, 0.1) is 0 Å². The molecular weight excluding hydrogens is 318 g/mol. The molecule has 0 amide bonds. The van der Waals surface area contributed by atoms with Gasteiger partial charge in [0.2, 0.25) is 0 Å². The molecule has 0 aromatic rings. The summed E-state index contributed by atoms with van der Waals surface area (Å²) in [7, 11) is 2.25. The molecule has 21 heavy (non-hydrogen) atoms. The van der Waals surface area contributed by atoms with Crippen molar-refractivity contribution in [1.29, 1.82) is 0 Å². The van der Waals surface area contributed by atoms with Crippen molar-refractivity contribution in [2.24, 2.45) is 5.41 Å². The fourth-order valence-electron chi connectivity index (χ4n) is 2.62. The van der Waals surface area contributed by atoms with Gasteiger partial charge in [0.25, 0.3) is 0 Å². The average molecular weight is 343 g/mol. The van der Waals surface area contributed by atoms with Crippen LogP contribution in [-0.2, 0) is 17.1 Å². The summed E-state index contributed by atoms with van der Waals surface area (Å²) in [4.78, 5) is 2.50. The van der Waals surface area contributed by atoms with Crippen LogP contribution in [0.4, 0.5) is 0 Å². The van der Waals surface area contributed by atoms with Crippen LogP contribution >= 0.6 is 11.8 Å². The Morgan fingerprint density at radius 1 is 1.00 bits per heavy atom. The van der Waals surface area contributed by atoms with Crippen molar-refractivity contribution in [1.82, 2.24) is 4.90 Å². The van der Waals surface area contributed by atoms with Gasteiger partial charge in [-0.3, -0.25) is 0 Å². The van der Waals surface area contributed by atoms with E-state index in [1.807, 2.05) is 43.9 Å². The Hall–Kier alpha value is 0.829. The van der Waals surface area contributed by atoms with E-state index in [2.05, 4.69) is 52.0 Å². The van der Waals surface area contributed by atoms with Gasteiger partial charge in [0.1, 0.15) is 0 Å². The number of thioether (sulfide) groups is 1. The van der Waals surface area contributed by atoms with E-state index in [1.165, 1.54) is 16.9 Å². The second kappa shape index (κ2) is 9.20. The van der Waals surface area contributed by atoms with Crippen LogP contribution in [0.1, 0.15) is 20.8 Å². The van der Waals surface area contributed by atoms with E-state index < -0.39 is 0 Å². The molecule has 1 saturated heterocycles. The molecule has 114 valence electrons. The molecule has 0 spiro atoms. The zero-order valence-corrected chi connectivity index (χ0v) is 15.2. The zero-order valence-electron chi connectivity index (χ0n) is 13.3. The first-order valence-corrected chi connectivity index (χ1v) is 8.21. The van der Waals surface area contributed by atoms with Crippen molar-refractivity contribution in [3.8, 4) is 0 Å². The molecule has 3 fully saturated rings. The van der Waals surface area contributed by atoms with Crippen molar-refractivity contribution >= 4 is 11.8 Å². The number of hydrogen-bond donors (Lipinski definition) is 0. The van der Waals surface area contributed by atoms with Gasteiger partial charge in [-0.15, -0.1) is 0 Å². The predicted octanol–water partition coefficient (Wildman–Crippen LogP) is 3.83. The zero-order chi connectivity index (χ0) is 14.6. The van der Waals surface area contributed by atoms with Crippen LogP contribution in [0.3, 0.4) is 0 Å². The fraction of sp³-hybridized carbons (Fsp3) is 0.444. The minimum atomic E-state index is 0. The standard InChI is InChI=1S/C13H20NS.C5H5.Fe/c1-13(2,3)12-9-15-11-7-5-6-10(11)8-14(12)4;1-2-4-5-3-1;/h5-7,12H,8-9H2,1-4H3;1-5H;/q;;+2/t12-;;/m1../s1. The Bertz CT molecular complexity index is 278. The maximum Gasteiger partial charge on any atom is 2.00 e. The monoisotopic (exact) mass is 343 g/mol. The van der Waals surface area contributed by atoms with Crippen LogP contribution in [0.15, 0.2) is 0 Å². The molecule has 2 saturated carbocycles. The third kappa shape index (κ3) is 6.09. The maximum atomic E-state index is 2.50. The van der Waals surface area contributed by atoms with Crippen molar-refractivity contribution in [3.63, 3.8) is 0 Å². The minimum Gasteiger partial charge on any atom is -0.301 e.